The van der Waals surface area contributed by atoms with Crippen molar-refractivity contribution in [1.82, 2.24) is 9.88 Å². The van der Waals surface area contributed by atoms with E-state index in [1.54, 1.807) is 22.3 Å². The van der Waals surface area contributed by atoms with Crippen LogP contribution < -0.4 is 0 Å². The topological polar surface area (TPSA) is 42.4 Å². The summed E-state index contributed by atoms with van der Waals surface area (Å²) in [6, 6.07) is 5.57. The highest BCUT2D eigenvalue weighted by Gasteiger charge is 2.24. The van der Waals surface area contributed by atoms with E-state index in [1.807, 2.05) is 17.5 Å². The third-order valence-electron chi connectivity index (χ3n) is 3.71. The van der Waals surface area contributed by atoms with Crippen LogP contribution in [0.1, 0.15) is 28.1 Å². The van der Waals surface area contributed by atoms with E-state index in [0.29, 0.717) is 18.7 Å². The predicted octanol–water partition coefficient (Wildman–Crippen LogP) is 4.27. The van der Waals surface area contributed by atoms with E-state index in [2.05, 4.69) is 4.98 Å². The summed E-state index contributed by atoms with van der Waals surface area (Å²) >= 11 is 13.4. The fraction of sp³-hybridized carbons (Fsp3) is 0.375. The molecule has 0 aliphatic carbocycles. The molecule has 0 spiro atoms. The predicted molar refractivity (Wildman–Crippen MR) is 92.3 cm³/mol. The molecule has 1 unspecified atom stereocenters. The van der Waals surface area contributed by atoms with Gasteiger partial charge in [-0.2, -0.15) is 0 Å². The standard InChI is InChI=1S/C16H16Cl2N2O2S/c17-14-7-11(8-19-15(14)18)16(21)20(9-12-3-1-5-22-12)10-13-4-2-6-23-13/h2,4,6-8,12H,1,3,5,9-10H2. The van der Waals surface area contributed by atoms with Gasteiger partial charge >= 0.3 is 0 Å². The van der Waals surface area contributed by atoms with Crippen molar-refractivity contribution in [2.24, 2.45) is 0 Å². The lowest BCUT2D eigenvalue weighted by Crippen LogP contribution is -2.36. The minimum Gasteiger partial charge on any atom is -0.376 e. The summed E-state index contributed by atoms with van der Waals surface area (Å²) in [6.07, 6.45) is 3.58. The molecule has 3 heterocycles. The second-order valence-electron chi connectivity index (χ2n) is 5.40. The number of halogens is 2. The Kier molecular flexibility index (Phi) is 5.54. The average molecular weight is 371 g/mol. The van der Waals surface area contributed by atoms with Gasteiger partial charge in [-0.1, -0.05) is 29.3 Å². The first-order chi connectivity index (χ1) is 11.1. The SMILES string of the molecule is O=C(c1cnc(Cl)c(Cl)c1)N(Cc1cccs1)CC1CCCO1. The molecule has 0 N–H and O–H groups in total. The molecule has 2 aromatic rings. The zero-order valence-electron chi connectivity index (χ0n) is 12.4. The Morgan fingerprint density at radius 1 is 1.48 bits per heavy atom. The van der Waals surface area contributed by atoms with E-state index in [9.17, 15) is 4.79 Å². The Labute approximate surface area is 149 Å². The van der Waals surface area contributed by atoms with Crippen LogP contribution in [0, 0.1) is 0 Å². The monoisotopic (exact) mass is 370 g/mol. The van der Waals surface area contributed by atoms with Crippen LogP contribution in [0.25, 0.3) is 0 Å². The highest BCUT2D eigenvalue weighted by Crippen LogP contribution is 2.23. The summed E-state index contributed by atoms with van der Waals surface area (Å²) in [5, 5.41) is 2.49. The Balaban J connectivity index is 1.80. The molecule has 23 heavy (non-hydrogen) atoms. The first-order valence-electron chi connectivity index (χ1n) is 7.38. The number of pyridine rings is 1. The minimum atomic E-state index is -0.111. The van der Waals surface area contributed by atoms with Gasteiger partial charge in [-0.05, 0) is 30.4 Å². The zero-order valence-corrected chi connectivity index (χ0v) is 14.7. The largest absolute Gasteiger partial charge is 0.376 e. The quantitative estimate of drug-likeness (QED) is 0.737. The summed E-state index contributed by atoms with van der Waals surface area (Å²) in [7, 11) is 0. The number of thiophene rings is 1. The van der Waals surface area contributed by atoms with E-state index in [4.69, 9.17) is 27.9 Å². The van der Waals surface area contributed by atoms with Crippen LogP contribution in [0.5, 0.6) is 0 Å². The Morgan fingerprint density at radius 2 is 2.35 bits per heavy atom. The van der Waals surface area contributed by atoms with Crippen molar-refractivity contribution in [3.05, 3.63) is 50.4 Å². The van der Waals surface area contributed by atoms with Crippen LogP contribution in [0.3, 0.4) is 0 Å². The molecule has 1 fully saturated rings. The number of nitrogens with zero attached hydrogens (tertiary/aromatic N) is 2. The number of rotatable bonds is 5. The first-order valence-corrected chi connectivity index (χ1v) is 9.01. The molecule has 0 saturated carbocycles. The summed E-state index contributed by atoms with van der Waals surface area (Å²) in [6.45, 7) is 1.88. The lowest BCUT2D eigenvalue weighted by molar-refractivity contribution is 0.0509. The molecular weight excluding hydrogens is 355 g/mol. The van der Waals surface area contributed by atoms with Crippen molar-refractivity contribution >= 4 is 40.4 Å². The van der Waals surface area contributed by atoms with Crippen molar-refractivity contribution in [3.8, 4) is 0 Å². The van der Waals surface area contributed by atoms with Gasteiger partial charge < -0.3 is 9.64 Å². The van der Waals surface area contributed by atoms with Crippen LogP contribution in [-0.2, 0) is 11.3 Å². The summed E-state index contributed by atoms with van der Waals surface area (Å²) in [5.41, 5.74) is 0.439. The Bertz CT molecular complexity index is 673. The molecule has 0 bridgehead atoms. The second-order valence-corrected chi connectivity index (χ2v) is 7.19. The number of hydrogen-bond donors (Lipinski definition) is 0. The summed E-state index contributed by atoms with van der Waals surface area (Å²) in [4.78, 5) is 19.7. The smallest absolute Gasteiger partial charge is 0.255 e. The van der Waals surface area contributed by atoms with Gasteiger partial charge in [0.1, 0.15) is 5.15 Å². The molecule has 7 heteroatoms. The van der Waals surface area contributed by atoms with E-state index in [1.165, 1.54) is 6.20 Å². The van der Waals surface area contributed by atoms with E-state index in [0.717, 1.165) is 24.3 Å². The van der Waals surface area contributed by atoms with Crippen molar-refractivity contribution in [2.45, 2.75) is 25.5 Å². The molecule has 0 radical (unpaired) electrons. The number of carbonyl (C=O) groups excluding carboxylic acids is 1. The molecule has 1 atom stereocenters. The maximum absolute atomic E-state index is 12.9. The molecule has 1 aliphatic rings. The second kappa shape index (κ2) is 7.62. The molecule has 122 valence electrons. The molecule has 0 aromatic carbocycles. The maximum Gasteiger partial charge on any atom is 0.255 e. The third-order valence-corrected chi connectivity index (χ3v) is 5.25. The fourth-order valence-corrected chi connectivity index (χ4v) is 3.55. The van der Waals surface area contributed by atoms with Crippen LogP contribution in [-0.4, -0.2) is 35.0 Å². The van der Waals surface area contributed by atoms with Gasteiger partial charge in [0, 0.05) is 24.2 Å². The van der Waals surface area contributed by atoms with Gasteiger partial charge in [0.25, 0.3) is 5.91 Å². The van der Waals surface area contributed by atoms with Gasteiger partial charge in [-0.15, -0.1) is 11.3 Å². The van der Waals surface area contributed by atoms with Crippen molar-refractivity contribution in [3.63, 3.8) is 0 Å². The van der Waals surface area contributed by atoms with Gasteiger partial charge in [0.2, 0.25) is 0 Å². The number of aromatic nitrogens is 1. The normalized spacial score (nSPS) is 17.4. The van der Waals surface area contributed by atoms with Gasteiger partial charge in [-0.25, -0.2) is 4.98 Å². The van der Waals surface area contributed by atoms with Crippen LogP contribution in [0.15, 0.2) is 29.8 Å². The van der Waals surface area contributed by atoms with Crippen molar-refractivity contribution in [1.29, 1.82) is 0 Å². The average Bonchev–Trinajstić information content (AvgIpc) is 3.22. The van der Waals surface area contributed by atoms with E-state index in [-0.39, 0.29) is 22.2 Å². The first kappa shape index (κ1) is 16.7. The highest BCUT2D eigenvalue weighted by molar-refractivity contribution is 7.09. The lowest BCUT2D eigenvalue weighted by Gasteiger charge is -2.25. The van der Waals surface area contributed by atoms with Crippen LogP contribution in [0.2, 0.25) is 10.2 Å². The minimum absolute atomic E-state index is 0.0923. The molecule has 1 amide bonds. The Morgan fingerprint density at radius 3 is 3.00 bits per heavy atom. The summed E-state index contributed by atoms with van der Waals surface area (Å²) < 4.78 is 5.68. The van der Waals surface area contributed by atoms with E-state index < -0.39 is 0 Å². The van der Waals surface area contributed by atoms with E-state index >= 15 is 0 Å². The van der Waals surface area contributed by atoms with Crippen molar-refractivity contribution < 1.29 is 9.53 Å². The van der Waals surface area contributed by atoms with Crippen LogP contribution >= 0.6 is 34.5 Å². The third kappa shape index (κ3) is 4.23. The van der Waals surface area contributed by atoms with Crippen molar-refractivity contribution in [2.75, 3.05) is 13.2 Å². The maximum atomic E-state index is 12.9. The highest BCUT2D eigenvalue weighted by atomic mass is 35.5. The number of amides is 1. The molecular formula is C16H16Cl2N2O2S. The van der Waals surface area contributed by atoms with Gasteiger partial charge in [-0.3, -0.25) is 4.79 Å². The zero-order chi connectivity index (χ0) is 16.2. The van der Waals surface area contributed by atoms with Gasteiger partial charge in [0.05, 0.1) is 23.2 Å². The van der Waals surface area contributed by atoms with Gasteiger partial charge in [0.15, 0.2) is 0 Å². The molecule has 1 aliphatic heterocycles. The number of carbonyl (C=O) groups is 1. The fourth-order valence-electron chi connectivity index (χ4n) is 2.56. The molecule has 4 nitrogen and oxygen atoms in total. The molecule has 1 saturated heterocycles. The lowest BCUT2D eigenvalue weighted by atomic mass is 10.2. The molecule has 2 aromatic heterocycles. The molecule has 3 rings (SSSR count). The summed E-state index contributed by atoms with van der Waals surface area (Å²) in [5.74, 6) is -0.111. The Hall–Kier alpha value is -1.14. The number of hydrogen-bond acceptors (Lipinski definition) is 4. The van der Waals surface area contributed by atoms with Crippen LogP contribution in [0.4, 0.5) is 0 Å². The number of ether oxygens (including phenoxy) is 1.